The number of anilines is 1. The van der Waals surface area contributed by atoms with Crippen LogP contribution in [0.3, 0.4) is 0 Å². The lowest BCUT2D eigenvalue weighted by atomic mass is 10.1. The maximum absolute atomic E-state index is 13.6. The van der Waals surface area contributed by atoms with Gasteiger partial charge in [-0.05, 0) is 36.8 Å². The highest BCUT2D eigenvalue weighted by Gasteiger charge is 2.15. The summed E-state index contributed by atoms with van der Waals surface area (Å²) in [6.45, 7) is 1.85. The van der Waals surface area contributed by atoms with Crippen LogP contribution in [-0.4, -0.2) is 7.11 Å². The van der Waals surface area contributed by atoms with Crippen LogP contribution >= 0.6 is 34.8 Å². The van der Waals surface area contributed by atoms with Crippen LogP contribution in [0.4, 0.5) is 10.1 Å². The Labute approximate surface area is 137 Å². The Bertz CT molecular complexity index is 664. The molecule has 0 radical (unpaired) electrons. The molecule has 1 N–H and O–H groups in total. The van der Waals surface area contributed by atoms with Gasteiger partial charge >= 0.3 is 0 Å². The lowest BCUT2D eigenvalue weighted by Crippen LogP contribution is -2.08. The van der Waals surface area contributed by atoms with Crippen molar-refractivity contribution in [1.82, 2.24) is 0 Å². The van der Waals surface area contributed by atoms with Gasteiger partial charge in [0.1, 0.15) is 11.6 Å². The molecular weight excluding hydrogens is 336 g/mol. The van der Waals surface area contributed by atoms with Crippen LogP contribution in [0, 0.1) is 5.82 Å². The smallest absolute Gasteiger partial charge is 0.142 e. The Balaban J connectivity index is 2.30. The van der Waals surface area contributed by atoms with Crippen molar-refractivity contribution in [3.8, 4) is 5.75 Å². The first-order valence-corrected chi connectivity index (χ1v) is 7.30. The molecule has 2 aromatic carbocycles. The second-order valence-electron chi connectivity index (χ2n) is 4.50. The van der Waals surface area contributed by atoms with Gasteiger partial charge in [0, 0.05) is 11.1 Å². The molecule has 1 atom stereocenters. The highest BCUT2D eigenvalue weighted by molar-refractivity contribution is 6.35. The molecule has 0 saturated heterocycles. The summed E-state index contributed by atoms with van der Waals surface area (Å²) in [6.07, 6.45) is 0. The van der Waals surface area contributed by atoms with E-state index in [0.29, 0.717) is 27.0 Å². The average molecular weight is 349 g/mol. The number of ether oxygens (including phenoxy) is 1. The molecule has 0 aromatic heterocycles. The lowest BCUT2D eigenvalue weighted by Gasteiger charge is -2.19. The molecule has 21 heavy (non-hydrogen) atoms. The van der Waals surface area contributed by atoms with Gasteiger partial charge in [-0.2, -0.15) is 0 Å². The average Bonchev–Trinajstić information content (AvgIpc) is 2.45. The van der Waals surface area contributed by atoms with Crippen LogP contribution in [0.5, 0.6) is 5.75 Å². The van der Waals surface area contributed by atoms with Crippen LogP contribution in [0.2, 0.25) is 15.1 Å². The summed E-state index contributed by atoms with van der Waals surface area (Å²) in [4.78, 5) is 0. The summed E-state index contributed by atoms with van der Waals surface area (Å²) >= 11 is 17.9. The minimum atomic E-state index is -0.513. The largest absolute Gasteiger partial charge is 0.497 e. The van der Waals surface area contributed by atoms with Crippen molar-refractivity contribution in [2.45, 2.75) is 13.0 Å². The minimum absolute atomic E-state index is 0.00429. The predicted octanol–water partition coefficient (Wildman–Crippen LogP) is 5.97. The maximum Gasteiger partial charge on any atom is 0.142 e. The van der Waals surface area contributed by atoms with Crippen LogP contribution < -0.4 is 10.1 Å². The van der Waals surface area contributed by atoms with Gasteiger partial charge in [-0.3, -0.25) is 0 Å². The summed E-state index contributed by atoms with van der Waals surface area (Å²) < 4.78 is 18.7. The van der Waals surface area contributed by atoms with Gasteiger partial charge in [-0.1, -0.05) is 34.8 Å². The molecular formula is C15H13Cl3FNO. The number of halogens is 4. The number of hydrogen-bond donors (Lipinski definition) is 1. The van der Waals surface area contributed by atoms with Gasteiger partial charge in [-0.15, -0.1) is 0 Å². The fourth-order valence-electron chi connectivity index (χ4n) is 1.92. The minimum Gasteiger partial charge on any atom is -0.497 e. The SMILES string of the molecule is COc1ccc(Cl)c(NC(C)c2cc(F)c(Cl)cc2Cl)c1. The molecule has 0 amide bonds. The summed E-state index contributed by atoms with van der Waals surface area (Å²) in [7, 11) is 1.57. The summed E-state index contributed by atoms with van der Waals surface area (Å²) in [5, 5.41) is 4.10. The first-order chi connectivity index (χ1) is 9.92. The van der Waals surface area contributed by atoms with E-state index in [2.05, 4.69) is 5.32 Å². The molecule has 6 heteroatoms. The Hall–Kier alpha value is -1.16. The van der Waals surface area contributed by atoms with Gasteiger partial charge in [0.2, 0.25) is 0 Å². The highest BCUT2D eigenvalue weighted by atomic mass is 35.5. The van der Waals surface area contributed by atoms with E-state index in [1.54, 1.807) is 25.3 Å². The Morgan fingerprint density at radius 2 is 1.76 bits per heavy atom. The molecule has 0 heterocycles. The van der Waals surface area contributed by atoms with Gasteiger partial charge in [-0.25, -0.2) is 4.39 Å². The number of methoxy groups -OCH3 is 1. The van der Waals surface area contributed by atoms with E-state index in [9.17, 15) is 4.39 Å². The van der Waals surface area contributed by atoms with Crippen molar-refractivity contribution in [1.29, 1.82) is 0 Å². The molecule has 0 fully saturated rings. The second kappa shape index (κ2) is 6.73. The zero-order valence-electron chi connectivity index (χ0n) is 11.4. The second-order valence-corrected chi connectivity index (χ2v) is 5.72. The number of benzene rings is 2. The molecule has 112 valence electrons. The van der Waals surface area contributed by atoms with Gasteiger partial charge in [0.15, 0.2) is 0 Å². The fourth-order valence-corrected chi connectivity index (χ4v) is 2.64. The third kappa shape index (κ3) is 3.73. The van der Waals surface area contributed by atoms with Gasteiger partial charge in [0.25, 0.3) is 0 Å². The molecule has 2 aromatic rings. The Kier molecular flexibility index (Phi) is 5.20. The lowest BCUT2D eigenvalue weighted by molar-refractivity contribution is 0.415. The van der Waals surface area contributed by atoms with Gasteiger partial charge in [0.05, 0.1) is 28.9 Å². The fraction of sp³-hybridized carbons (Fsp3) is 0.200. The predicted molar refractivity (Wildman–Crippen MR) is 86.5 cm³/mol. The summed E-state index contributed by atoms with van der Waals surface area (Å²) in [5.41, 5.74) is 1.27. The molecule has 0 bridgehead atoms. The van der Waals surface area contributed by atoms with Crippen molar-refractivity contribution in [2.24, 2.45) is 0 Å². The maximum atomic E-state index is 13.6. The molecule has 0 saturated carbocycles. The summed E-state index contributed by atoms with van der Waals surface area (Å²) in [5.74, 6) is 0.156. The van der Waals surface area contributed by atoms with Crippen LogP contribution in [-0.2, 0) is 0 Å². The van der Waals surface area contributed by atoms with E-state index in [0.717, 1.165) is 0 Å². The van der Waals surface area contributed by atoms with Gasteiger partial charge < -0.3 is 10.1 Å². The molecule has 1 unspecified atom stereocenters. The van der Waals surface area contributed by atoms with E-state index in [-0.39, 0.29) is 11.1 Å². The highest BCUT2D eigenvalue weighted by Crippen LogP contribution is 2.33. The number of hydrogen-bond acceptors (Lipinski definition) is 2. The van der Waals surface area contributed by atoms with E-state index < -0.39 is 5.82 Å². The van der Waals surface area contributed by atoms with Crippen LogP contribution in [0.1, 0.15) is 18.5 Å². The summed E-state index contributed by atoms with van der Waals surface area (Å²) in [6, 6.07) is 7.69. The molecule has 0 aliphatic rings. The quantitative estimate of drug-likeness (QED) is 0.687. The zero-order valence-corrected chi connectivity index (χ0v) is 13.7. The topological polar surface area (TPSA) is 21.3 Å². The normalized spacial score (nSPS) is 12.1. The van der Waals surface area contributed by atoms with E-state index >= 15 is 0 Å². The van der Waals surface area contributed by atoms with Crippen LogP contribution in [0.25, 0.3) is 0 Å². The van der Waals surface area contributed by atoms with Crippen molar-refractivity contribution in [2.75, 3.05) is 12.4 Å². The van der Waals surface area contributed by atoms with E-state index in [4.69, 9.17) is 39.5 Å². The third-order valence-electron chi connectivity index (χ3n) is 3.05. The molecule has 0 spiro atoms. The zero-order chi connectivity index (χ0) is 15.6. The Morgan fingerprint density at radius 3 is 2.43 bits per heavy atom. The first-order valence-electron chi connectivity index (χ1n) is 6.17. The number of rotatable bonds is 4. The molecule has 2 rings (SSSR count). The monoisotopic (exact) mass is 347 g/mol. The molecule has 0 aliphatic heterocycles. The standard InChI is InChI=1S/C15H13Cl3FNO/c1-8(10-6-14(19)13(18)7-12(10)17)20-15-5-9(21-2)3-4-11(15)16/h3-8,20H,1-2H3. The molecule has 0 aliphatic carbocycles. The third-order valence-corrected chi connectivity index (χ3v) is 4.00. The van der Waals surface area contributed by atoms with Crippen LogP contribution in [0.15, 0.2) is 30.3 Å². The number of nitrogens with one attached hydrogen (secondary N) is 1. The van der Waals surface area contributed by atoms with Crippen molar-refractivity contribution in [3.63, 3.8) is 0 Å². The molecule has 2 nitrogen and oxygen atoms in total. The Morgan fingerprint density at radius 1 is 1.05 bits per heavy atom. The van der Waals surface area contributed by atoms with Crippen molar-refractivity contribution < 1.29 is 9.13 Å². The van der Waals surface area contributed by atoms with E-state index in [1.165, 1.54) is 12.1 Å². The van der Waals surface area contributed by atoms with E-state index in [1.807, 2.05) is 6.92 Å². The van der Waals surface area contributed by atoms with Crippen molar-refractivity contribution >= 4 is 40.5 Å². The first kappa shape index (κ1) is 16.2. The van der Waals surface area contributed by atoms with Crippen molar-refractivity contribution in [3.05, 3.63) is 56.8 Å².